The van der Waals surface area contributed by atoms with Gasteiger partial charge in [-0.05, 0) is 44.4 Å². The molecule has 1 saturated carbocycles. The smallest absolute Gasteiger partial charge is 0.290 e. The molecular weight excluding hydrogens is 314 g/mol. The van der Waals surface area contributed by atoms with E-state index in [1.54, 1.807) is 4.68 Å². The number of nitrogens with one attached hydrogen (secondary N) is 1. The Hall–Kier alpha value is -1.92. The lowest BCUT2D eigenvalue weighted by Gasteiger charge is -2.06. The van der Waals surface area contributed by atoms with Crippen LogP contribution in [0.25, 0.3) is 5.69 Å². The first-order valence-electron chi connectivity index (χ1n) is 7.91. The summed E-state index contributed by atoms with van der Waals surface area (Å²) in [5, 5.41) is 7.81. The molecule has 1 aromatic heterocycles. The molecule has 1 aromatic carbocycles. The van der Waals surface area contributed by atoms with Crippen LogP contribution in [0.3, 0.4) is 0 Å². The van der Waals surface area contributed by atoms with Gasteiger partial charge in [-0.15, -0.1) is 5.10 Å². The third-order valence-corrected chi connectivity index (χ3v) is 4.09. The maximum atomic E-state index is 12.2. The van der Waals surface area contributed by atoms with E-state index in [0.717, 1.165) is 37.2 Å². The minimum atomic E-state index is -0.255. The summed E-state index contributed by atoms with van der Waals surface area (Å²) in [7, 11) is 0. The van der Waals surface area contributed by atoms with Crippen molar-refractivity contribution in [2.45, 2.75) is 31.6 Å². The Balaban J connectivity index is 1.82. The van der Waals surface area contributed by atoms with Crippen LogP contribution in [0, 0.1) is 0 Å². The van der Waals surface area contributed by atoms with Crippen molar-refractivity contribution in [3.8, 4) is 5.69 Å². The van der Waals surface area contributed by atoms with E-state index < -0.39 is 0 Å². The molecule has 0 bridgehead atoms. The highest BCUT2D eigenvalue weighted by Crippen LogP contribution is 2.40. The molecule has 1 aliphatic carbocycles. The summed E-state index contributed by atoms with van der Waals surface area (Å²) >= 11 is 6.26. The number of para-hydroxylation sites is 1. The molecular formula is C16H20ClN5O. The van der Waals surface area contributed by atoms with Crippen LogP contribution in [-0.4, -0.2) is 33.8 Å². The molecule has 1 heterocycles. The largest absolute Gasteiger partial charge is 0.349 e. The van der Waals surface area contributed by atoms with E-state index in [1.807, 2.05) is 24.3 Å². The lowest BCUT2D eigenvalue weighted by atomic mass is 10.3. The summed E-state index contributed by atoms with van der Waals surface area (Å²) in [6, 6.07) is 7.45. The summed E-state index contributed by atoms with van der Waals surface area (Å²) < 4.78 is 1.70. The van der Waals surface area contributed by atoms with Crippen molar-refractivity contribution in [1.82, 2.24) is 20.1 Å². The number of halogens is 1. The molecule has 2 aromatic rings. The third-order valence-electron chi connectivity index (χ3n) is 3.77. The number of carbonyl (C=O) groups is 1. The molecule has 0 aliphatic heterocycles. The van der Waals surface area contributed by atoms with Crippen molar-refractivity contribution >= 4 is 17.5 Å². The van der Waals surface area contributed by atoms with Gasteiger partial charge in [0.25, 0.3) is 5.91 Å². The van der Waals surface area contributed by atoms with Gasteiger partial charge in [0.15, 0.2) is 0 Å². The number of nitrogens with two attached hydrogens (primary N) is 1. The van der Waals surface area contributed by atoms with Crippen LogP contribution >= 0.6 is 11.6 Å². The van der Waals surface area contributed by atoms with E-state index in [9.17, 15) is 4.79 Å². The zero-order chi connectivity index (χ0) is 16.2. The molecule has 0 spiro atoms. The third kappa shape index (κ3) is 3.71. The van der Waals surface area contributed by atoms with Gasteiger partial charge in [-0.2, -0.15) is 0 Å². The van der Waals surface area contributed by atoms with Crippen molar-refractivity contribution < 1.29 is 4.79 Å². The minimum absolute atomic E-state index is 0.194. The Morgan fingerprint density at radius 1 is 1.35 bits per heavy atom. The quantitative estimate of drug-likeness (QED) is 0.761. The average Bonchev–Trinajstić information content (AvgIpc) is 3.31. The maximum Gasteiger partial charge on any atom is 0.290 e. The van der Waals surface area contributed by atoms with Crippen LogP contribution < -0.4 is 11.1 Å². The Bertz CT molecular complexity index is 696. The molecule has 3 N–H and O–H groups in total. The average molecular weight is 334 g/mol. The predicted octanol–water partition coefficient (Wildman–Crippen LogP) is 2.27. The fourth-order valence-electron chi connectivity index (χ4n) is 2.38. The van der Waals surface area contributed by atoms with Crippen molar-refractivity contribution in [1.29, 1.82) is 0 Å². The van der Waals surface area contributed by atoms with Gasteiger partial charge in [0, 0.05) is 12.5 Å². The number of rotatable bonds is 7. The van der Waals surface area contributed by atoms with Gasteiger partial charge in [-0.1, -0.05) is 23.7 Å². The van der Waals surface area contributed by atoms with E-state index in [0.29, 0.717) is 24.0 Å². The van der Waals surface area contributed by atoms with E-state index in [1.165, 1.54) is 0 Å². The Morgan fingerprint density at radius 2 is 2.13 bits per heavy atom. The molecule has 6 nitrogen and oxygen atoms in total. The number of amides is 1. The van der Waals surface area contributed by atoms with Crippen molar-refractivity contribution in [3.05, 3.63) is 40.9 Å². The Morgan fingerprint density at radius 3 is 2.83 bits per heavy atom. The second-order valence-corrected chi connectivity index (χ2v) is 6.09. The van der Waals surface area contributed by atoms with Crippen LogP contribution in [0.15, 0.2) is 24.3 Å². The van der Waals surface area contributed by atoms with Crippen LogP contribution in [0.1, 0.15) is 48.0 Å². The topological polar surface area (TPSA) is 85.8 Å². The molecule has 1 aliphatic rings. The second kappa shape index (κ2) is 7.10. The number of nitrogens with zero attached hydrogens (tertiary/aromatic N) is 3. The molecule has 0 unspecified atom stereocenters. The van der Waals surface area contributed by atoms with Gasteiger partial charge in [0.2, 0.25) is 5.82 Å². The molecule has 122 valence electrons. The maximum absolute atomic E-state index is 12.2. The highest BCUT2D eigenvalue weighted by atomic mass is 35.5. The summed E-state index contributed by atoms with van der Waals surface area (Å²) in [5.41, 5.74) is 6.20. The Labute approximate surface area is 140 Å². The lowest BCUT2D eigenvalue weighted by molar-refractivity contribution is 0.0942. The summed E-state index contributed by atoms with van der Waals surface area (Å²) in [5.74, 6) is 1.11. The zero-order valence-corrected chi connectivity index (χ0v) is 13.6. The standard InChI is InChI=1S/C16H20ClN5O/c17-12-5-1-2-6-13(12)22-15(11-7-8-11)20-14(21-22)16(23)19-10-4-3-9-18/h1-2,5-6,11H,3-4,7-10,18H2,(H,19,23). The first-order valence-corrected chi connectivity index (χ1v) is 8.28. The van der Waals surface area contributed by atoms with E-state index in [-0.39, 0.29) is 11.7 Å². The number of carbonyl (C=O) groups excluding carboxylic acids is 1. The van der Waals surface area contributed by atoms with Crippen LogP contribution in [0.4, 0.5) is 0 Å². The number of benzene rings is 1. The van der Waals surface area contributed by atoms with Gasteiger partial charge in [0.05, 0.1) is 10.7 Å². The van der Waals surface area contributed by atoms with E-state index >= 15 is 0 Å². The van der Waals surface area contributed by atoms with Crippen LogP contribution in [0.5, 0.6) is 0 Å². The zero-order valence-electron chi connectivity index (χ0n) is 12.8. The van der Waals surface area contributed by atoms with E-state index in [2.05, 4.69) is 15.4 Å². The lowest BCUT2D eigenvalue weighted by Crippen LogP contribution is -2.26. The SMILES string of the molecule is NCCCCNC(=O)c1nc(C2CC2)n(-c2ccccc2Cl)n1. The van der Waals surface area contributed by atoms with Gasteiger partial charge >= 0.3 is 0 Å². The van der Waals surface area contributed by atoms with Crippen molar-refractivity contribution in [2.24, 2.45) is 5.73 Å². The number of aromatic nitrogens is 3. The monoisotopic (exact) mass is 333 g/mol. The van der Waals surface area contributed by atoms with E-state index in [4.69, 9.17) is 17.3 Å². The second-order valence-electron chi connectivity index (χ2n) is 5.68. The summed E-state index contributed by atoms with van der Waals surface area (Å²) in [6.45, 7) is 1.20. The fourth-order valence-corrected chi connectivity index (χ4v) is 2.59. The van der Waals surface area contributed by atoms with Gasteiger partial charge in [0.1, 0.15) is 5.82 Å². The Kier molecular flexibility index (Phi) is 4.93. The minimum Gasteiger partial charge on any atom is -0.349 e. The predicted molar refractivity (Wildman–Crippen MR) is 89.0 cm³/mol. The summed E-state index contributed by atoms with van der Waals surface area (Å²) in [6.07, 6.45) is 3.87. The first kappa shape index (κ1) is 16.0. The number of hydrogen-bond donors (Lipinski definition) is 2. The highest BCUT2D eigenvalue weighted by molar-refractivity contribution is 6.32. The molecule has 1 fully saturated rings. The van der Waals surface area contributed by atoms with Crippen LogP contribution in [0.2, 0.25) is 5.02 Å². The van der Waals surface area contributed by atoms with Gasteiger partial charge in [-0.25, -0.2) is 9.67 Å². The normalized spacial score (nSPS) is 14.0. The fraction of sp³-hybridized carbons (Fsp3) is 0.438. The molecule has 23 heavy (non-hydrogen) atoms. The number of hydrogen-bond acceptors (Lipinski definition) is 4. The van der Waals surface area contributed by atoms with Crippen LogP contribution in [-0.2, 0) is 0 Å². The van der Waals surface area contributed by atoms with Crippen molar-refractivity contribution in [3.63, 3.8) is 0 Å². The molecule has 0 saturated heterocycles. The highest BCUT2D eigenvalue weighted by Gasteiger charge is 2.31. The van der Waals surface area contributed by atoms with Gasteiger partial charge < -0.3 is 11.1 Å². The summed E-state index contributed by atoms with van der Waals surface area (Å²) in [4.78, 5) is 16.7. The number of unbranched alkanes of at least 4 members (excludes halogenated alkanes) is 1. The first-order chi connectivity index (χ1) is 11.2. The molecule has 7 heteroatoms. The van der Waals surface area contributed by atoms with Crippen molar-refractivity contribution in [2.75, 3.05) is 13.1 Å². The van der Waals surface area contributed by atoms with Gasteiger partial charge in [-0.3, -0.25) is 4.79 Å². The molecule has 0 radical (unpaired) electrons. The molecule has 3 rings (SSSR count). The molecule has 1 amide bonds. The molecule has 0 atom stereocenters.